The number of amides is 3. The number of benzene rings is 2. The molecule has 2 aromatic carbocycles. The summed E-state index contributed by atoms with van der Waals surface area (Å²) in [5.74, 6) is 0.389. The van der Waals surface area contributed by atoms with Crippen molar-refractivity contribution in [2.75, 3.05) is 33.2 Å². The fourth-order valence-corrected chi connectivity index (χ4v) is 5.12. The first-order valence-corrected chi connectivity index (χ1v) is 12.0. The Labute approximate surface area is 208 Å². The van der Waals surface area contributed by atoms with Crippen molar-refractivity contribution in [2.24, 2.45) is 4.99 Å². The quantitative estimate of drug-likeness (QED) is 0.698. The summed E-state index contributed by atoms with van der Waals surface area (Å²) < 4.78 is 0. The van der Waals surface area contributed by atoms with Gasteiger partial charge in [-0.15, -0.1) is 0 Å². The molecule has 3 heterocycles. The lowest BCUT2D eigenvalue weighted by atomic mass is 10.1. The number of likely N-dealkylation sites (N-methyl/N-ethyl adjacent to an activating group) is 1. The molecule has 0 spiro atoms. The highest BCUT2D eigenvalue weighted by molar-refractivity contribution is 6.31. The van der Waals surface area contributed by atoms with Crippen LogP contribution in [0.4, 0.5) is 4.79 Å². The zero-order chi connectivity index (χ0) is 23.8. The summed E-state index contributed by atoms with van der Waals surface area (Å²) in [7, 11) is 1.67. The molecule has 0 saturated carbocycles. The van der Waals surface area contributed by atoms with Gasteiger partial charge in [-0.3, -0.25) is 15.0 Å². The Morgan fingerprint density at radius 1 is 0.912 bits per heavy atom. The molecule has 10 heteroatoms. The maximum Gasteiger partial charge on any atom is 0.325 e. The smallest absolute Gasteiger partial charge is 0.325 e. The van der Waals surface area contributed by atoms with E-state index in [2.05, 4.69) is 21.2 Å². The van der Waals surface area contributed by atoms with E-state index >= 15 is 0 Å². The molecule has 8 nitrogen and oxygen atoms in total. The number of hydrogen-bond donors (Lipinski definition) is 1. The normalized spacial score (nSPS) is 23.1. The molecular weight excluding hydrogens is 475 g/mol. The van der Waals surface area contributed by atoms with Gasteiger partial charge in [0.05, 0.1) is 0 Å². The zero-order valence-electron chi connectivity index (χ0n) is 18.8. The number of imide groups is 1. The van der Waals surface area contributed by atoms with Gasteiger partial charge < -0.3 is 14.7 Å². The van der Waals surface area contributed by atoms with Gasteiger partial charge >= 0.3 is 6.03 Å². The third-order valence-electron chi connectivity index (χ3n) is 6.64. The third kappa shape index (κ3) is 4.33. The second-order valence-corrected chi connectivity index (χ2v) is 9.58. The molecule has 3 aliphatic heterocycles. The van der Waals surface area contributed by atoms with Gasteiger partial charge in [0.25, 0.3) is 5.91 Å². The van der Waals surface area contributed by atoms with E-state index in [-0.39, 0.29) is 5.91 Å². The number of halogens is 2. The average Bonchev–Trinajstić information content (AvgIpc) is 3.21. The van der Waals surface area contributed by atoms with Crippen LogP contribution in [0.3, 0.4) is 0 Å². The lowest BCUT2D eigenvalue weighted by Crippen LogP contribution is -2.64. The van der Waals surface area contributed by atoms with Crippen LogP contribution in [0.15, 0.2) is 53.5 Å². The van der Waals surface area contributed by atoms with Crippen molar-refractivity contribution in [2.45, 2.75) is 25.3 Å². The summed E-state index contributed by atoms with van der Waals surface area (Å²) in [6.45, 7) is 4.38. The molecular formula is C24H26Cl2N6O2. The first-order valence-electron chi connectivity index (χ1n) is 11.3. The minimum Gasteiger partial charge on any atom is -0.340 e. The number of fused-ring (bicyclic) bond motifs is 1. The fourth-order valence-electron chi connectivity index (χ4n) is 4.73. The van der Waals surface area contributed by atoms with E-state index in [4.69, 9.17) is 28.2 Å². The molecule has 0 aliphatic carbocycles. The number of rotatable bonds is 4. The van der Waals surface area contributed by atoms with Crippen molar-refractivity contribution in [1.29, 1.82) is 0 Å². The molecule has 2 unspecified atom stereocenters. The fraction of sp³-hybridized carbons (Fsp3) is 0.375. The highest BCUT2D eigenvalue weighted by Crippen LogP contribution is 2.29. The molecule has 0 aromatic heterocycles. The van der Waals surface area contributed by atoms with Gasteiger partial charge in [0.1, 0.15) is 0 Å². The Hall–Kier alpha value is -2.81. The summed E-state index contributed by atoms with van der Waals surface area (Å²) in [5.41, 5.74) is 2.02. The van der Waals surface area contributed by atoms with Crippen molar-refractivity contribution in [1.82, 2.24) is 24.9 Å². The van der Waals surface area contributed by atoms with Crippen LogP contribution in [0, 0.1) is 0 Å². The van der Waals surface area contributed by atoms with Gasteiger partial charge in [0.15, 0.2) is 18.2 Å². The summed E-state index contributed by atoms with van der Waals surface area (Å²) >= 11 is 12.8. The van der Waals surface area contributed by atoms with Gasteiger partial charge in [-0.2, -0.15) is 0 Å². The molecule has 34 heavy (non-hydrogen) atoms. The number of nitrogens with one attached hydrogen (secondary N) is 1. The Morgan fingerprint density at radius 2 is 1.50 bits per heavy atom. The molecule has 2 saturated heterocycles. The molecule has 5 rings (SSSR count). The van der Waals surface area contributed by atoms with E-state index in [1.165, 1.54) is 4.90 Å². The van der Waals surface area contributed by atoms with Crippen LogP contribution in [-0.4, -0.2) is 82.9 Å². The topological polar surface area (TPSA) is 71.5 Å². The van der Waals surface area contributed by atoms with E-state index < -0.39 is 18.2 Å². The SMILES string of the molecule is CN1C(=O)NC(=O)C2C1N=C(N1CCN(Cc3ccccc3Cl)CC1)N2Cc1ccccc1Cl. The number of piperazine rings is 1. The first kappa shape index (κ1) is 23.0. The number of urea groups is 1. The van der Waals surface area contributed by atoms with Crippen LogP contribution in [0.5, 0.6) is 0 Å². The van der Waals surface area contributed by atoms with Crippen LogP contribution >= 0.6 is 23.2 Å². The summed E-state index contributed by atoms with van der Waals surface area (Å²) in [6, 6.07) is 14.5. The molecule has 2 atom stereocenters. The monoisotopic (exact) mass is 500 g/mol. The second-order valence-electron chi connectivity index (χ2n) is 8.77. The third-order valence-corrected chi connectivity index (χ3v) is 7.38. The van der Waals surface area contributed by atoms with Gasteiger partial charge in [0.2, 0.25) is 0 Å². The minimum absolute atomic E-state index is 0.337. The highest BCUT2D eigenvalue weighted by atomic mass is 35.5. The first-order chi connectivity index (χ1) is 16.4. The molecule has 3 aliphatic rings. The van der Waals surface area contributed by atoms with Gasteiger partial charge in [-0.1, -0.05) is 59.6 Å². The van der Waals surface area contributed by atoms with Crippen LogP contribution in [0.2, 0.25) is 10.0 Å². The molecule has 1 N–H and O–H groups in total. The van der Waals surface area contributed by atoms with Crippen molar-refractivity contribution < 1.29 is 9.59 Å². The molecule has 2 aromatic rings. The lowest BCUT2D eigenvalue weighted by molar-refractivity contribution is -0.127. The predicted octanol–water partition coefficient (Wildman–Crippen LogP) is 2.86. The molecule has 2 fully saturated rings. The number of guanidine groups is 1. The zero-order valence-corrected chi connectivity index (χ0v) is 20.3. The van der Waals surface area contributed by atoms with E-state index in [0.29, 0.717) is 11.6 Å². The van der Waals surface area contributed by atoms with Crippen molar-refractivity contribution >= 4 is 41.1 Å². The summed E-state index contributed by atoms with van der Waals surface area (Å²) in [5, 5.41) is 3.87. The summed E-state index contributed by atoms with van der Waals surface area (Å²) in [6.07, 6.45) is -0.570. The van der Waals surface area contributed by atoms with Crippen LogP contribution in [0.25, 0.3) is 0 Å². The molecule has 178 valence electrons. The highest BCUT2D eigenvalue weighted by Gasteiger charge is 2.50. The summed E-state index contributed by atoms with van der Waals surface area (Å²) in [4.78, 5) is 38.0. The lowest BCUT2D eigenvalue weighted by Gasteiger charge is -2.40. The minimum atomic E-state index is -0.602. The molecule has 0 radical (unpaired) electrons. The Kier molecular flexibility index (Phi) is 6.38. The van der Waals surface area contributed by atoms with Crippen LogP contribution in [-0.2, 0) is 17.9 Å². The number of carbonyl (C=O) groups is 2. The standard InChI is InChI=1S/C24H26Cl2N6O2/c1-29-21-20(22(33)28-24(29)34)32(15-17-7-3-5-9-19(17)26)23(27-21)31-12-10-30(11-13-31)14-16-6-2-4-8-18(16)25/h2-9,20-21H,10-15H2,1H3,(H,28,33,34). The number of carbonyl (C=O) groups excluding carboxylic acids is 2. The molecule has 0 bridgehead atoms. The largest absolute Gasteiger partial charge is 0.340 e. The van der Waals surface area contributed by atoms with Gasteiger partial charge in [-0.25, -0.2) is 9.79 Å². The Bertz CT molecular complexity index is 1130. The van der Waals surface area contributed by atoms with Crippen molar-refractivity contribution in [3.63, 3.8) is 0 Å². The van der Waals surface area contributed by atoms with Gasteiger partial charge in [0, 0.05) is 56.4 Å². The average molecular weight is 501 g/mol. The Morgan fingerprint density at radius 3 is 2.12 bits per heavy atom. The van der Waals surface area contributed by atoms with Crippen LogP contribution < -0.4 is 5.32 Å². The predicted molar refractivity (Wildman–Crippen MR) is 132 cm³/mol. The maximum absolute atomic E-state index is 12.9. The van der Waals surface area contributed by atoms with E-state index in [1.807, 2.05) is 47.4 Å². The van der Waals surface area contributed by atoms with E-state index in [0.717, 1.165) is 54.8 Å². The van der Waals surface area contributed by atoms with E-state index in [1.54, 1.807) is 7.05 Å². The molecule has 3 amide bonds. The van der Waals surface area contributed by atoms with Crippen LogP contribution in [0.1, 0.15) is 11.1 Å². The van der Waals surface area contributed by atoms with Crippen molar-refractivity contribution in [3.8, 4) is 0 Å². The van der Waals surface area contributed by atoms with Gasteiger partial charge in [-0.05, 0) is 23.3 Å². The number of nitrogens with zero attached hydrogens (tertiary/aromatic N) is 5. The van der Waals surface area contributed by atoms with E-state index in [9.17, 15) is 9.59 Å². The Balaban J connectivity index is 1.36. The second kappa shape index (κ2) is 9.44. The number of hydrogen-bond acceptors (Lipinski definition) is 6. The van der Waals surface area contributed by atoms with Crippen molar-refractivity contribution in [3.05, 3.63) is 69.7 Å². The maximum atomic E-state index is 12.9. The number of aliphatic imine (C=N–C) groups is 1.